The second-order valence-corrected chi connectivity index (χ2v) is 7.54. The maximum atomic E-state index is 12.2. The van der Waals surface area contributed by atoms with E-state index in [9.17, 15) is 9.59 Å². The highest BCUT2D eigenvalue weighted by Crippen LogP contribution is 2.31. The van der Waals surface area contributed by atoms with E-state index in [4.69, 9.17) is 14.2 Å². The van der Waals surface area contributed by atoms with Gasteiger partial charge in [-0.25, -0.2) is 4.79 Å². The Morgan fingerprint density at radius 1 is 1.00 bits per heavy atom. The number of nitrogens with zero attached hydrogens (tertiary/aromatic N) is 2. The van der Waals surface area contributed by atoms with Gasteiger partial charge in [-0.3, -0.25) is 4.79 Å². The van der Waals surface area contributed by atoms with E-state index in [1.807, 2.05) is 24.3 Å². The predicted molar refractivity (Wildman–Crippen MR) is 129 cm³/mol. The van der Waals surface area contributed by atoms with Crippen LogP contribution in [-0.2, 0) is 14.3 Å². The molecule has 0 saturated carbocycles. The van der Waals surface area contributed by atoms with Gasteiger partial charge in [-0.05, 0) is 43.0 Å². The Labute approximate surface area is 194 Å². The first-order valence-corrected chi connectivity index (χ1v) is 11.0. The highest BCUT2D eigenvalue weighted by atomic mass is 16.5. The molecule has 33 heavy (non-hydrogen) atoms. The number of nitrogens with one attached hydrogen (secondary N) is 1. The van der Waals surface area contributed by atoms with E-state index in [-0.39, 0.29) is 6.61 Å². The van der Waals surface area contributed by atoms with Crippen LogP contribution in [0.25, 0.3) is 6.08 Å². The topological polar surface area (TPSA) is 80.3 Å². The Morgan fingerprint density at radius 2 is 1.73 bits per heavy atom. The lowest BCUT2D eigenvalue weighted by molar-refractivity contribution is -0.142. The first kappa shape index (κ1) is 24.1. The molecule has 1 aliphatic heterocycles. The fourth-order valence-electron chi connectivity index (χ4n) is 3.66. The number of carbonyl (C=O) groups is 2. The Hall–Kier alpha value is -3.52. The Morgan fingerprint density at radius 3 is 2.36 bits per heavy atom. The quantitative estimate of drug-likeness (QED) is 0.462. The minimum Gasteiger partial charge on any atom is -0.493 e. The summed E-state index contributed by atoms with van der Waals surface area (Å²) < 4.78 is 15.6. The van der Waals surface area contributed by atoms with Gasteiger partial charge >= 0.3 is 5.97 Å². The number of esters is 1. The number of hydrogen-bond donors (Lipinski definition) is 1. The van der Waals surface area contributed by atoms with Gasteiger partial charge in [-0.2, -0.15) is 0 Å². The van der Waals surface area contributed by atoms with Crippen LogP contribution in [0.15, 0.2) is 48.5 Å². The lowest BCUT2D eigenvalue weighted by Gasteiger charge is -2.35. The van der Waals surface area contributed by atoms with E-state index in [0.717, 1.165) is 38.4 Å². The molecule has 2 aromatic carbocycles. The van der Waals surface area contributed by atoms with Crippen LogP contribution in [0, 0.1) is 0 Å². The van der Waals surface area contributed by atoms with Crippen molar-refractivity contribution < 1.29 is 23.8 Å². The number of carbonyl (C=O) groups excluding carboxylic acids is 2. The largest absolute Gasteiger partial charge is 0.493 e. The Balaban J connectivity index is 1.46. The molecule has 2 aromatic rings. The first-order valence-electron chi connectivity index (χ1n) is 11.0. The minimum absolute atomic E-state index is 0.376. The lowest BCUT2D eigenvalue weighted by Crippen LogP contribution is -2.46. The second-order valence-electron chi connectivity index (χ2n) is 7.54. The smallest absolute Gasteiger partial charge is 0.331 e. The third-order valence-corrected chi connectivity index (χ3v) is 5.51. The highest BCUT2D eigenvalue weighted by molar-refractivity contribution is 5.95. The van der Waals surface area contributed by atoms with Crippen molar-refractivity contribution in [3.63, 3.8) is 0 Å². The van der Waals surface area contributed by atoms with E-state index < -0.39 is 11.9 Å². The molecular formula is C25H31N3O5. The molecule has 1 heterocycles. The van der Waals surface area contributed by atoms with Gasteiger partial charge in [-0.1, -0.05) is 19.1 Å². The second kappa shape index (κ2) is 11.9. The van der Waals surface area contributed by atoms with Gasteiger partial charge in [0.15, 0.2) is 18.1 Å². The van der Waals surface area contributed by atoms with Crippen LogP contribution in [0.3, 0.4) is 0 Å². The molecule has 1 aliphatic rings. The van der Waals surface area contributed by atoms with E-state index in [2.05, 4.69) is 22.0 Å². The summed E-state index contributed by atoms with van der Waals surface area (Å²) in [6.07, 6.45) is 2.80. The number of rotatable bonds is 9. The molecule has 8 heteroatoms. The molecule has 0 spiro atoms. The van der Waals surface area contributed by atoms with Crippen molar-refractivity contribution in [3.8, 4) is 11.5 Å². The number of amides is 1. The van der Waals surface area contributed by atoms with Crippen molar-refractivity contribution >= 4 is 29.3 Å². The molecule has 0 bridgehead atoms. The van der Waals surface area contributed by atoms with Gasteiger partial charge < -0.3 is 29.3 Å². The van der Waals surface area contributed by atoms with Crippen LogP contribution in [-0.4, -0.2) is 70.3 Å². The van der Waals surface area contributed by atoms with E-state index in [1.54, 1.807) is 31.4 Å². The molecule has 3 rings (SSSR count). The first-order chi connectivity index (χ1) is 16.0. The van der Waals surface area contributed by atoms with Crippen molar-refractivity contribution in [1.82, 2.24) is 4.90 Å². The molecule has 0 atom stereocenters. The van der Waals surface area contributed by atoms with Crippen molar-refractivity contribution in [3.05, 3.63) is 54.1 Å². The number of methoxy groups -OCH3 is 2. The fraction of sp³-hybridized carbons (Fsp3) is 0.360. The molecule has 0 aromatic heterocycles. The summed E-state index contributed by atoms with van der Waals surface area (Å²) in [6, 6.07) is 13.0. The number of ether oxygens (including phenoxy) is 3. The minimum atomic E-state index is -0.628. The van der Waals surface area contributed by atoms with Gasteiger partial charge in [0.1, 0.15) is 0 Å². The molecule has 176 valence electrons. The maximum absolute atomic E-state index is 12.2. The van der Waals surface area contributed by atoms with Crippen molar-refractivity contribution in [2.45, 2.75) is 6.92 Å². The maximum Gasteiger partial charge on any atom is 0.331 e. The third-order valence-electron chi connectivity index (χ3n) is 5.51. The standard InChI is InChI=1S/C25H31N3O5/c1-4-27-14-16-28(17-15-27)21-11-9-20(10-12-21)26-23(29)18-33-24(30)13-8-19-6-5-7-22(31-2)25(19)32-3/h5-13H,4,14-18H2,1-3H3,(H,26,29)/b13-8+. The number of benzene rings is 2. The normalized spacial score (nSPS) is 14.2. The third kappa shape index (κ3) is 6.73. The zero-order valence-electron chi connectivity index (χ0n) is 19.4. The van der Waals surface area contributed by atoms with Crippen LogP contribution in [0.1, 0.15) is 12.5 Å². The fourth-order valence-corrected chi connectivity index (χ4v) is 3.66. The van der Waals surface area contributed by atoms with Gasteiger partial charge in [0.2, 0.25) is 0 Å². The summed E-state index contributed by atoms with van der Waals surface area (Å²) in [7, 11) is 3.07. The number of piperazine rings is 1. The van der Waals surface area contributed by atoms with Crippen LogP contribution in [0.5, 0.6) is 11.5 Å². The van der Waals surface area contributed by atoms with Gasteiger partial charge in [0.05, 0.1) is 14.2 Å². The van der Waals surface area contributed by atoms with Crippen LogP contribution >= 0.6 is 0 Å². The molecular weight excluding hydrogens is 422 g/mol. The summed E-state index contributed by atoms with van der Waals surface area (Å²) in [5.74, 6) is 0.0377. The summed E-state index contributed by atoms with van der Waals surface area (Å²) in [6.45, 7) is 6.97. The van der Waals surface area contributed by atoms with E-state index in [1.165, 1.54) is 13.2 Å². The van der Waals surface area contributed by atoms with Crippen LogP contribution in [0.2, 0.25) is 0 Å². The number of hydrogen-bond acceptors (Lipinski definition) is 7. The highest BCUT2D eigenvalue weighted by Gasteiger charge is 2.16. The molecule has 8 nitrogen and oxygen atoms in total. The van der Waals surface area contributed by atoms with E-state index >= 15 is 0 Å². The number of anilines is 2. The van der Waals surface area contributed by atoms with Crippen LogP contribution < -0.4 is 19.7 Å². The Bertz CT molecular complexity index is 967. The molecule has 0 aliphatic carbocycles. The summed E-state index contributed by atoms with van der Waals surface area (Å²) in [5.41, 5.74) is 2.45. The van der Waals surface area contributed by atoms with Crippen molar-refractivity contribution in [2.24, 2.45) is 0 Å². The van der Waals surface area contributed by atoms with Gasteiger partial charge in [0.25, 0.3) is 5.91 Å². The van der Waals surface area contributed by atoms with E-state index in [0.29, 0.717) is 22.7 Å². The number of para-hydroxylation sites is 1. The van der Waals surface area contributed by atoms with Gasteiger partial charge in [0, 0.05) is 49.2 Å². The van der Waals surface area contributed by atoms with Crippen molar-refractivity contribution in [2.75, 3.05) is 63.8 Å². The molecule has 1 saturated heterocycles. The number of likely N-dealkylation sites (N-methyl/N-ethyl adjacent to an activating group) is 1. The summed E-state index contributed by atoms with van der Waals surface area (Å²) in [5, 5.41) is 2.75. The average Bonchev–Trinajstić information content (AvgIpc) is 2.86. The van der Waals surface area contributed by atoms with Gasteiger partial charge in [-0.15, -0.1) is 0 Å². The monoisotopic (exact) mass is 453 g/mol. The lowest BCUT2D eigenvalue weighted by atomic mass is 10.1. The van der Waals surface area contributed by atoms with Crippen molar-refractivity contribution in [1.29, 1.82) is 0 Å². The summed E-state index contributed by atoms with van der Waals surface area (Å²) >= 11 is 0. The molecule has 0 radical (unpaired) electrons. The van der Waals surface area contributed by atoms with Crippen LogP contribution in [0.4, 0.5) is 11.4 Å². The molecule has 1 fully saturated rings. The molecule has 1 amide bonds. The predicted octanol–water partition coefficient (Wildman–Crippen LogP) is 3.04. The average molecular weight is 454 g/mol. The SMILES string of the molecule is CCN1CCN(c2ccc(NC(=O)COC(=O)/C=C/c3cccc(OC)c3OC)cc2)CC1. The molecule has 0 unspecified atom stereocenters. The summed E-state index contributed by atoms with van der Waals surface area (Å²) in [4.78, 5) is 28.9. The zero-order valence-corrected chi connectivity index (χ0v) is 19.4. The zero-order chi connectivity index (χ0) is 23.6. The Kier molecular flexibility index (Phi) is 8.71. The molecule has 1 N–H and O–H groups in total.